The Balaban J connectivity index is 1.68. The third-order valence-corrected chi connectivity index (χ3v) is 4.86. The number of halogens is 1. The van der Waals surface area contributed by atoms with E-state index in [9.17, 15) is 14.4 Å². The zero-order chi connectivity index (χ0) is 19.7. The second-order valence-corrected chi connectivity index (χ2v) is 6.93. The molecule has 2 amide bonds. The van der Waals surface area contributed by atoms with Crippen LogP contribution in [-0.2, 0) is 16.1 Å². The topological polar surface area (TPSA) is 91.1 Å². The molecule has 2 heterocycles. The van der Waals surface area contributed by atoms with Gasteiger partial charge in [-0.3, -0.25) is 9.59 Å². The highest BCUT2D eigenvalue weighted by Gasteiger charge is 2.39. The number of benzene rings is 1. The van der Waals surface area contributed by atoms with Gasteiger partial charge in [0.1, 0.15) is 23.0 Å². The van der Waals surface area contributed by atoms with Crippen LogP contribution in [0.25, 0.3) is 0 Å². The molecule has 0 radical (unpaired) electrons. The van der Waals surface area contributed by atoms with Crippen molar-refractivity contribution >= 4 is 35.1 Å². The smallest absolute Gasteiger partial charge is 0.339 e. The molecule has 1 N–H and O–H groups in total. The van der Waals surface area contributed by atoms with Crippen molar-refractivity contribution in [2.45, 2.75) is 19.9 Å². The van der Waals surface area contributed by atoms with Gasteiger partial charge in [-0.2, -0.15) is 0 Å². The van der Waals surface area contributed by atoms with E-state index < -0.39 is 11.9 Å². The summed E-state index contributed by atoms with van der Waals surface area (Å²) < 4.78 is 5.41. The van der Waals surface area contributed by atoms with Crippen molar-refractivity contribution in [2.24, 2.45) is 5.92 Å². The van der Waals surface area contributed by atoms with Crippen LogP contribution in [0.3, 0.4) is 0 Å². The first-order valence-electron chi connectivity index (χ1n) is 8.42. The quantitative estimate of drug-likeness (QED) is 0.792. The van der Waals surface area contributed by atoms with Gasteiger partial charge in [-0.25, -0.2) is 4.79 Å². The molecule has 27 heavy (non-hydrogen) atoms. The number of furan rings is 1. The summed E-state index contributed by atoms with van der Waals surface area (Å²) in [5.74, 6) is -1.77. The summed E-state index contributed by atoms with van der Waals surface area (Å²) >= 11 is 5.87. The number of hydrogen-bond acceptors (Lipinski definition) is 4. The molecule has 0 saturated carbocycles. The Morgan fingerprint density at radius 1 is 1.33 bits per heavy atom. The lowest BCUT2D eigenvalue weighted by atomic mass is 10.1. The summed E-state index contributed by atoms with van der Waals surface area (Å²) in [6, 6.07) is 8.29. The van der Waals surface area contributed by atoms with E-state index in [1.165, 1.54) is 11.0 Å². The van der Waals surface area contributed by atoms with Crippen molar-refractivity contribution < 1.29 is 23.9 Å². The van der Waals surface area contributed by atoms with Crippen molar-refractivity contribution in [3.05, 3.63) is 52.4 Å². The van der Waals surface area contributed by atoms with E-state index in [1.54, 1.807) is 43.1 Å². The van der Waals surface area contributed by atoms with Gasteiger partial charge >= 0.3 is 5.97 Å². The first-order valence-corrected chi connectivity index (χ1v) is 8.80. The molecule has 0 spiro atoms. The predicted octanol–water partition coefficient (Wildman–Crippen LogP) is 2.95. The van der Waals surface area contributed by atoms with Gasteiger partial charge in [-0.1, -0.05) is 11.6 Å². The normalized spacial score (nSPS) is 16.6. The van der Waals surface area contributed by atoms with E-state index in [0.717, 1.165) is 0 Å². The average Bonchev–Trinajstić information content (AvgIpc) is 3.18. The Labute approximate surface area is 161 Å². The standard InChI is InChI=1S/C19H19ClN2O5/c1-11-16(19(25)26)9-14(27-11)10-21(2)17(23)15-7-8-22(18(15)24)13-5-3-12(20)4-6-13/h3-6,9,15H,7-8,10H2,1-2H3,(H,25,26)/t15-/m1/s1. The second-order valence-electron chi connectivity index (χ2n) is 6.49. The third kappa shape index (κ3) is 3.83. The van der Waals surface area contributed by atoms with Gasteiger partial charge in [0.15, 0.2) is 0 Å². The van der Waals surface area contributed by atoms with Gasteiger partial charge in [0.05, 0.1) is 6.54 Å². The third-order valence-electron chi connectivity index (χ3n) is 4.61. The molecule has 0 bridgehead atoms. The molecule has 0 aliphatic carbocycles. The number of carboxylic acids is 1. The molecule has 1 aromatic carbocycles. The summed E-state index contributed by atoms with van der Waals surface area (Å²) in [7, 11) is 1.57. The fourth-order valence-corrected chi connectivity index (χ4v) is 3.32. The van der Waals surface area contributed by atoms with Crippen LogP contribution in [0.1, 0.15) is 28.3 Å². The number of carbonyl (C=O) groups excluding carboxylic acids is 2. The Morgan fingerprint density at radius 2 is 2.00 bits per heavy atom. The van der Waals surface area contributed by atoms with Crippen molar-refractivity contribution in [2.75, 3.05) is 18.5 Å². The molecule has 142 valence electrons. The maximum absolute atomic E-state index is 12.7. The van der Waals surface area contributed by atoms with Gasteiger partial charge in [0, 0.05) is 24.3 Å². The Hall–Kier alpha value is -2.80. The van der Waals surface area contributed by atoms with E-state index in [0.29, 0.717) is 29.4 Å². The largest absolute Gasteiger partial charge is 0.478 e. The monoisotopic (exact) mass is 390 g/mol. The van der Waals surface area contributed by atoms with E-state index >= 15 is 0 Å². The summed E-state index contributed by atoms with van der Waals surface area (Å²) in [5.41, 5.74) is 0.770. The van der Waals surface area contributed by atoms with Crippen LogP contribution in [-0.4, -0.2) is 41.4 Å². The molecule has 1 aliphatic heterocycles. The molecule has 3 rings (SSSR count). The minimum Gasteiger partial charge on any atom is -0.478 e. The lowest BCUT2D eigenvalue weighted by Gasteiger charge is -2.20. The predicted molar refractivity (Wildman–Crippen MR) is 98.8 cm³/mol. The van der Waals surface area contributed by atoms with Crippen molar-refractivity contribution in [1.82, 2.24) is 4.90 Å². The molecule has 1 aromatic heterocycles. The molecule has 1 fully saturated rings. The molecular formula is C19H19ClN2O5. The number of hydrogen-bond donors (Lipinski definition) is 1. The number of amides is 2. The van der Waals surface area contributed by atoms with Crippen molar-refractivity contribution in [1.29, 1.82) is 0 Å². The molecular weight excluding hydrogens is 372 g/mol. The first kappa shape index (κ1) is 19.0. The number of aromatic carboxylic acids is 1. The van der Waals surface area contributed by atoms with Crippen LogP contribution >= 0.6 is 11.6 Å². The lowest BCUT2D eigenvalue weighted by Crippen LogP contribution is -2.37. The average molecular weight is 391 g/mol. The number of anilines is 1. The zero-order valence-corrected chi connectivity index (χ0v) is 15.7. The summed E-state index contributed by atoms with van der Waals surface area (Å²) in [4.78, 5) is 39.5. The maximum atomic E-state index is 12.7. The minimum absolute atomic E-state index is 0.0664. The molecule has 7 nitrogen and oxygen atoms in total. The van der Waals surface area contributed by atoms with Crippen LogP contribution in [0, 0.1) is 12.8 Å². The molecule has 1 aliphatic rings. The summed E-state index contributed by atoms with van der Waals surface area (Å²) in [6.45, 7) is 2.10. The molecule has 0 unspecified atom stereocenters. The van der Waals surface area contributed by atoms with E-state index in [1.807, 2.05) is 0 Å². The Bertz CT molecular complexity index is 890. The van der Waals surface area contributed by atoms with Crippen LogP contribution in [0.4, 0.5) is 5.69 Å². The fourth-order valence-electron chi connectivity index (χ4n) is 3.20. The zero-order valence-electron chi connectivity index (χ0n) is 14.9. The van der Waals surface area contributed by atoms with Crippen LogP contribution < -0.4 is 4.90 Å². The number of nitrogens with zero attached hydrogens (tertiary/aromatic N) is 2. The van der Waals surface area contributed by atoms with Gasteiger partial charge in [0.2, 0.25) is 11.8 Å². The maximum Gasteiger partial charge on any atom is 0.339 e. The molecule has 1 atom stereocenters. The van der Waals surface area contributed by atoms with Gasteiger partial charge in [-0.15, -0.1) is 0 Å². The first-order chi connectivity index (χ1) is 12.8. The Kier molecular flexibility index (Phi) is 5.23. The molecule has 1 saturated heterocycles. The lowest BCUT2D eigenvalue weighted by molar-refractivity contribution is -0.139. The van der Waals surface area contributed by atoms with Crippen LogP contribution in [0.2, 0.25) is 5.02 Å². The molecule has 2 aromatic rings. The number of rotatable bonds is 5. The van der Waals surface area contributed by atoms with E-state index in [4.69, 9.17) is 21.1 Å². The van der Waals surface area contributed by atoms with Gasteiger partial charge < -0.3 is 19.3 Å². The highest BCUT2D eigenvalue weighted by Crippen LogP contribution is 2.28. The summed E-state index contributed by atoms with van der Waals surface area (Å²) in [5, 5.41) is 9.66. The highest BCUT2D eigenvalue weighted by molar-refractivity contribution is 6.30. The highest BCUT2D eigenvalue weighted by atomic mass is 35.5. The SMILES string of the molecule is Cc1oc(CN(C)C(=O)[C@H]2CCN(c3ccc(Cl)cc3)C2=O)cc1C(=O)O. The van der Waals surface area contributed by atoms with E-state index in [2.05, 4.69) is 0 Å². The van der Waals surface area contributed by atoms with Crippen LogP contribution in [0.5, 0.6) is 0 Å². The van der Waals surface area contributed by atoms with Crippen LogP contribution in [0.15, 0.2) is 34.7 Å². The number of carbonyl (C=O) groups is 3. The summed E-state index contributed by atoms with van der Waals surface area (Å²) in [6.07, 6.45) is 0.419. The number of aryl methyl sites for hydroxylation is 1. The van der Waals surface area contributed by atoms with E-state index in [-0.39, 0.29) is 29.7 Å². The molecule has 8 heteroatoms. The van der Waals surface area contributed by atoms with Gasteiger partial charge in [0.25, 0.3) is 0 Å². The van der Waals surface area contributed by atoms with Crippen molar-refractivity contribution in [3.8, 4) is 0 Å². The fraction of sp³-hybridized carbons (Fsp3) is 0.316. The van der Waals surface area contributed by atoms with Gasteiger partial charge in [-0.05, 0) is 43.7 Å². The Morgan fingerprint density at radius 3 is 2.59 bits per heavy atom. The minimum atomic E-state index is -1.08. The van der Waals surface area contributed by atoms with Crippen molar-refractivity contribution in [3.63, 3.8) is 0 Å². The second kappa shape index (κ2) is 7.44. The number of carboxylic acid groups (broad SMARTS) is 1.